The molecule has 0 spiro atoms. The van der Waals surface area contributed by atoms with Crippen molar-refractivity contribution in [3.8, 4) is 0 Å². The summed E-state index contributed by atoms with van der Waals surface area (Å²) < 4.78 is 95.5. The second-order valence-electron chi connectivity index (χ2n) is 23.1. The van der Waals surface area contributed by atoms with Crippen LogP contribution in [0.15, 0.2) is 0 Å². The van der Waals surface area contributed by atoms with Crippen LogP contribution in [0.5, 0.6) is 0 Å². The third-order valence-corrected chi connectivity index (χ3v) is 44.9. The van der Waals surface area contributed by atoms with E-state index < -0.39 is 119 Å². The molecule has 1 N–H and O–H groups in total. The van der Waals surface area contributed by atoms with Gasteiger partial charge in [-0.05, 0) is 177 Å². The number of hydrogen-bond donors (Lipinski definition) is 2. The van der Waals surface area contributed by atoms with E-state index in [0.717, 1.165) is 38.1 Å². The maximum Gasteiger partial charge on any atom is 1.00 e. The first-order valence-electron chi connectivity index (χ1n) is 24.0. The van der Waals surface area contributed by atoms with E-state index in [1.807, 2.05) is 11.9 Å². The number of epoxide rings is 1. The molecule has 1 aliphatic heterocycles. The molecule has 32 heteroatoms. The minimum absolute atomic E-state index is 0. The van der Waals surface area contributed by atoms with Crippen LogP contribution in [-0.4, -0.2) is 182 Å². The summed E-state index contributed by atoms with van der Waals surface area (Å²) >= 11 is 3.55. The molecule has 0 amide bonds. The van der Waals surface area contributed by atoms with Crippen molar-refractivity contribution < 1.29 is 124 Å². The van der Waals surface area contributed by atoms with Crippen LogP contribution in [0, 0.1) is 6.92 Å². The Balaban J connectivity index is -0.0000000557. The second kappa shape index (κ2) is 57.5. The summed E-state index contributed by atoms with van der Waals surface area (Å²) in [5.41, 5.74) is 0.131. The summed E-state index contributed by atoms with van der Waals surface area (Å²) in [7, 11) is -21.2. The zero-order valence-corrected chi connectivity index (χ0v) is 67.5. The van der Waals surface area contributed by atoms with E-state index in [4.69, 9.17) is 47.1 Å². The molecule has 1 heterocycles. The van der Waals surface area contributed by atoms with Gasteiger partial charge in [-0.15, -0.1) is 0 Å². The maximum absolute atomic E-state index is 10.0. The zero-order valence-electron chi connectivity index (χ0n) is 49.3. The molecule has 0 aromatic heterocycles. The average molecular weight is 1430 g/mol. The molecular formula is C48H144NNa2O15PS2Si11. The van der Waals surface area contributed by atoms with Gasteiger partial charge >= 0.3 is 76.2 Å². The van der Waals surface area contributed by atoms with Gasteiger partial charge in [-0.3, -0.25) is 4.90 Å². The van der Waals surface area contributed by atoms with Gasteiger partial charge < -0.3 is 63.7 Å². The molecule has 7 atom stereocenters. The first-order valence-corrected chi connectivity index (χ1v) is 59.7. The normalized spacial score (nSPS) is 15.7. The van der Waals surface area contributed by atoms with Crippen molar-refractivity contribution in [2.24, 2.45) is 0 Å². The number of aliphatic hydroxyl groups is 1. The molecule has 1 rings (SSSR count). The van der Waals surface area contributed by atoms with E-state index in [0.29, 0.717) is 32.5 Å². The number of nitrogens with zero attached hydrogens (tertiary/aromatic N) is 1. The van der Waals surface area contributed by atoms with Gasteiger partial charge in [0.15, 0.2) is 49.9 Å². The molecule has 0 aliphatic carbocycles. The smallest absolute Gasteiger partial charge is 0.745 e. The summed E-state index contributed by atoms with van der Waals surface area (Å²) in [5, 5.41) is 10.0. The number of aliphatic hydroxyl groups excluding tert-OH is 1. The Morgan fingerprint density at radius 1 is 0.600 bits per heavy atom. The van der Waals surface area contributed by atoms with Crippen molar-refractivity contribution in [1.29, 1.82) is 0 Å². The summed E-state index contributed by atoms with van der Waals surface area (Å²) in [6, 6.07) is 1.74. The van der Waals surface area contributed by atoms with E-state index in [1.54, 1.807) is 0 Å². The monoisotopic (exact) mass is 1420 g/mol. The van der Waals surface area contributed by atoms with E-state index >= 15 is 0 Å². The molecule has 0 aromatic carbocycles. The summed E-state index contributed by atoms with van der Waals surface area (Å²) in [6.45, 7) is 58.1. The van der Waals surface area contributed by atoms with Crippen molar-refractivity contribution in [2.75, 3.05) is 52.1 Å². The summed E-state index contributed by atoms with van der Waals surface area (Å²) in [6.07, 6.45) is 1.37. The van der Waals surface area contributed by atoms with Gasteiger partial charge in [0.1, 0.15) is 22.1 Å². The molecule has 0 bridgehead atoms. The maximum atomic E-state index is 10.0. The molecule has 16 nitrogen and oxygen atoms in total. The average Bonchev–Trinajstić information content (AvgIpc) is 3.86. The standard InChI is InChI=1S/C17H44NO5Si4.C13H34O5Si4.C7H22O2Si3.CH5O3PS2.10CH4.2Na/c1-11-13-18(2)17(19)16-20-14-12-15-27(10,23-26(7,8)9)22-24(3)21-25(4,5)6;1-19(16-20(2,3)4)17-22(8,18-21(5,6)7)10-9-14-11-13-12-15-13;1-10(8-11(2,3)4)9-12(5,6)7;2-7(3,4)5-1-6;;;;;;;;;;;;/h17,19,24H,1,11-16H2,2-10H3;13,19H,9-12H2,1-8H3;10H,1-7H3;5-6H,1H2,(H,2,3,4);10*1H4;;/q-1;;;;;;;;;;;;;;2*+1/p-1. The zero-order chi connectivity index (χ0) is 54.2. The first kappa shape index (κ1) is 122. The van der Waals surface area contributed by atoms with Crippen LogP contribution in [0.2, 0.25) is 163 Å². The minimum Gasteiger partial charge on any atom is -0.745 e. The van der Waals surface area contributed by atoms with Crippen molar-refractivity contribution >= 4 is 125 Å². The van der Waals surface area contributed by atoms with Crippen LogP contribution in [0.3, 0.4) is 0 Å². The van der Waals surface area contributed by atoms with Gasteiger partial charge in [0.2, 0.25) is 0 Å². The Morgan fingerprint density at radius 2 is 0.912 bits per heavy atom. The minimum atomic E-state index is -3.97. The predicted octanol–water partition coefficient (Wildman–Crippen LogP) is 9.47. The molecule has 0 saturated carbocycles. The Labute approximate surface area is 569 Å². The Morgan fingerprint density at radius 3 is 1.16 bits per heavy atom. The third-order valence-electron chi connectivity index (χ3n) is 7.81. The van der Waals surface area contributed by atoms with Crippen molar-refractivity contribution in [2.45, 2.75) is 262 Å². The molecule has 494 valence electrons. The van der Waals surface area contributed by atoms with E-state index in [1.165, 1.54) is 0 Å². The van der Waals surface area contributed by atoms with Gasteiger partial charge in [-0.1, -0.05) is 74.3 Å². The predicted molar refractivity (Wildman–Crippen MR) is 384 cm³/mol. The van der Waals surface area contributed by atoms with E-state index in [2.05, 4.69) is 170 Å². The second-order valence-corrected chi connectivity index (χ2v) is 69.5. The van der Waals surface area contributed by atoms with Crippen LogP contribution < -0.4 is 59.1 Å². The SMILES string of the molecule is C.C.C.C.C.C.C.C.C.C.C[SiH](O[Si](C)(C)C)O[Si](C)(C)C.C[SiH](O[Si](C)(C)C)O[Si](C)(CCOCC1CO1)O[Si](C)(C)C.O=S(=O)([O-])PCS.[CH2-]CCN(C)C(O)COCCC[Si](C)(O[SiH](C)O[Si](C)(C)C)O[Si](C)(C)C.[Na+].[Na+]. The van der Waals surface area contributed by atoms with Crippen molar-refractivity contribution in [3.63, 3.8) is 0 Å². The Hall–Kier alpha value is 4.56. The number of hydrogen-bond acceptors (Lipinski definition) is 17. The fourth-order valence-corrected chi connectivity index (χ4v) is 46.4. The molecule has 0 radical (unpaired) electrons. The van der Waals surface area contributed by atoms with Crippen molar-refractivity contribution in [3.05, 3.63) is 6.92 Å². The largest absolute Gasteiger partial charge is 1.00 e. The Bertz CT molecular complexity index is 1430. The van der Waals surface area contributed by atoms with Crippen LogP contribution in [-0.2, 0) is 56.9 Å². The summed E-state index contributed by atoms with van der Waals surface area (Å²) in [4.78, 5) is 1.85. The molecular weight excluding hydrogens is 1280 g/mol. The van der Waals surface area contributed by atoms with Crippen LogP contribution in [0.25, 0.3) is 0 Å². The fourth-order valence-electron chi connectivity index (χ4n) is 6.25. The van der Waals surface area contributed by atoms with Crippen LogP contribution >= 0.6 is 20.4 Å². The summed E-state index contributed by atoms with van der Waals surface area (Å²) in [5.74, 6) is 0. The van der Waals surface area contributed by atoms with E-state index in [-0.39, 0.29) is 139 Å². The number of thiol groups is 1. The van der Waals surface area contributed by atoms with Gasteiger partial charge in [0, 0.05) is 32.5 Å². The van der Waals surface area contributed by atoms with Gasteiger partial charge in [0.05, 0.1) is 19.8 Å². The number of rotatable bonds is 32. The number of ether oxygens (including phenoxy) is 3. The van der Waals surface area contributed by atoms with Gasteiger partial charge in [0.25, 0.3) is 27.9 Å². The molecule has 80 heavy (non-hydrogen) atoms. The molecule has 1 saturated heterocycles. The first-order chi connectivity index (χ1) is 30.2. The van der Waals surface area contributed by atoms with Crippen LogP contribution in [0.4, 0.5) is 0 Å². The molecule has 7 unspecified atom stereocenters. The van der Waals surface area contributed by atoms with Crippen molar-refractivity contribution in [1.82, 2.24) is 4.90 Å². The third kappa shape index (κ3) is 91.3. The molecule has 1 aliphatic rings. The fraction of sp³-hybridized carbons (Fsp3) is 0.979. The number of likely N-dealkylation sites (N-methyl/N-ethyl adjacent to an activating group) is 1. The topological polar surface area (TPSA) is 185 Å². The van der Waals surface area contributed by atoms with Gasteiger partial charge in [-0.25, -0.2) is 8.42 Å². The van der Waals surface area contributed by atoms with Crippen LogP contribution in [0.1, 0.15) is 87.1 Å². The van der Waals surface area contributed by atoms with Gasteiger partial charge in [-0.2, -0.15) is 19.0 Å². The van der Waals surface area contributed by atoms with E-state index in [9.17, 15) is 18.1 Å². The Kier molecular flexibility index (Phi) is 87.6. The quantitative estimate of drug-likeness (QED) is 0.00948. The molecule has 0 aromatic rings. The molecule has 1 fully saturated rings.